The van der Waals surface area contributed by atoms with Gasteiger partial charge in [-0.25, -0.2) is 0 Å². The Balaban J connectivity index is 1.35. The number of carbonyl (C=O) groups is 3. The Labute approximate surface area is 173 Å². The van der Waals surface area contributed by atoms with E-state index < -0.39 is 6.04 Å². The van der Waals surface area contributed by atoms with E-state index in [1.165, 1.54) is 37.0 Å². The third-order valence-electron chi connectivity index (χ3n) is 8.39. The zero-order valence-corrected chi connectivity index (χ0v) is 17.7. The summed E-state index contributed by atoms with van der Waals surface area (Å²) in [7, 11) is 0. The number of carbonyl (C=O) groups excluding carboxylic acids is 3. The quantitative estimate of drug-likeness (QED) is 0.571. The van der Waals surface area contributed by atoms with Gasteiger partial charge in [-0.1, -0.05) is 26.0 Å². The molecule has 1 heterocycles. The highest BCUT2D eigenvalue weighted by Crippen LogP contribution is 2.53. The van der Waals surface area contributed by atoms with Crippen molar-refractivity contribution in [3.63, 3.8) is 0 Å². The monoisotopic (exact) mass is 398 g/mol. The summed E-state index contributed by atoms with van der Waals surface area (Å²) < 4.78 is 0. The SMILES string of the molecule is CC(C)C[C@H](C(=O)NC1C2CC3CC(C2)CC1C3)N1C(=O)[C@H]2CC=CC[C@H]2C1=O. The summed E-state index contributed by atoms with van der Waals surface area (Å²) in [6, 6.07) is -0.417. The van der Waals surface area contributed by atoms with Crippen molar-refractivity contribution in [2.75, 3.05) is 0 Å². The summed E-state index contributed by atoms with van der Waals surface area (Å²) in [6.07, 6.45) is 12.1. The summed E-state index contributed by atoms with van der Waals surface area (Å²) in [5, 5.41) is 3.37. The maximum Gasteiger partial charge on any atom is 0.243 e. The molecule has 0 aromatic carbocycles. The van der Waals surface area contributed by atoms with Gasteiger partial charge in [0.15, 0.2) is 0 Å². The van der Waals surface area contributed by atoms with E-state index in [1.54, 1.807) is 0 Å². The molecule has 0 spiro atoms. The minimum absolute atomic E-state index is 0.0931. The van der Waals surface area contributed by atoms with Gasteiger partial charge in [0, 0.05) is 6.04 Å². The Morgan fingerprint density at radius 3 is 1.97 bits per heavy atom. The molecule has 6 aliphatic rings. The molecule has 5 fully saturated rings. The average molecular weight is 399 g/mol. The van der Waals surface area contributed by atoms with Crippen molar-refractivity contribution >= 4 is 17.7 Å². The van der Waals surface area contributed by atoms with E-state index in [0.717, 1.165) is 11.8 Å². The molecule has 4 saturated carbocycles. The Morgan fingerprint density at radius 1 is 0.966 bits per heavy atom. The first-order valence-electron chi connectivity index (χ1n) is 11.7. The maximum absolute atomic E-state index is 13.5. The smallest absolute Gasteiger partial charge is 0.243 e. The van der Waals surface area contributed by atoms with Gasteiger partial charge in [0.2, 0.25) is 17.7 Å². The Kier molecular flexibility index (Phi) is 4.83. The second-order valence-corrected chi connectivity index (χ2v) is 10.8. The van der Waals surface area contributed by atoms with Gasteiger partial charge in [0.25, 0.3) is 0 Å². The number of allylic oxidation sites excluding steroid dienone is 2. The number of amides is 3. The third kappa shape index (κ3) is 3.25. The van der Waals surface area contributed by atoms with Crippen molar-refractivity contribution in [3.05, 3.63) is 12.2 Å². The van der Waals surface area contributed by atoms with Crippen molar-refractivity contribution in [1.29, 1.82) is 0 Å². The predicted octanol–water partition coefficient (Wildman–Crippen LogP) is 3.29. The van der Waals surface area contributed by atoms with Crippen molar-refractivity contribution in [1.82, 2.24) is 10.2 Å². The molecule has 0 aromatic heterocycles. The number of nitrogens with zero attached hydrogens (tertiary/aromatic N) is 1. The summed E-state index contributed by atoms with van der Waals surface area (Å²) in [6.45, 7) is 4.12. The van der Waals surface area contributed by atoms with E-state index in [-0.39, 0.29) is 41.5 Å². The predicted molar refractivity (Wildman–Crippen MR) is 109 cm³/mol. The first kappa shape index (κ1) is 19.3. The summed E-state index contributed by atoms with van der Waals surface area (Å²) >= 11 is 0. The molecule has 1 N–H and O–H groups in total. The van der Waals surface area contributed by atoms with E-state index in [0.29, 0.717) is 31.1 Å². The largest absolute Gasteiger partial charge is 0.351 e. The highest BCUT2D eigenvalue weighted by Gasteiger charge is 2.53. The molecule has 3 amide bonds. The van der Waals surface area contributed by atoms with Crippen LogP contribution in [-0.2, 0) is 14.4 Å². The lowest BCUT2D eigenvalue weighted by atomic mass is 9.54. The topological polar surface area (TPSA) is 66.5 Å². The molecule has 3 atom stereocenters. The number of imide groups is 1. The molecule has 0 unspecified atom stereocenters. The van der Waals surface area contributed by atoms with E-state index in [2.05, 4.69) is 19.2 Å². The molecule has 6 rings (SSSR count). The van der Waals surface area contributed by atoms with Crippen LogP contribution in [0, 0.1) is 41.4 Å². The fraction of sp³-hybridized carbons (Fsp3) is 0.792. The second kappa shape index (κ2) is 7.24. The van der Waals surface area contributed by atoms with E-state index in [4.69, 9.17) is 0 Å². The molecule has 1 saturated heterocycles. The molecule has 158 valence electrons. The van der Waals surface area contributed by atoms with Crippen LogP contribution in [0.4, 0.5) is 0 Å². The van der Waals surface area contributed by atoms with Crippen molar-refractivity contribution < 1.29 is 14.4 Å². The number of hydrogen-bond donors (Lipinski definition) is 1. The summed E-state index contributed by atoms with van der Waals surface area (Å²) in [4.78, 5) is 41.0. The zero-order chi connectivity index (χ0) is 20.3. The molecule has 5 heteroatoms. The highest BCUT2D eigenvalue weighted by molar-refractivity contribution is 6.08. The van der Waals surface area contributed by atoms with Crippen molar-refractivity contribution in [3.8, 4) is 0 Å². The lowest BCUT2D eigenvalue weighted by Crippen LogP contribution is -2.59. The number of likely N-dealkylation sites (tertiary alicyclic amines) is 1. The molecule has 5 aliphatic carbocycles. The Hall–Kier alpha value is -1.65. The lowest BCUT2D eigenvalue weighted by molar-refractivity contribution is -0.149. The van der Waals surface area contributed by atoms with Gasteiger partial charge < -0.3 is 5.32 Å². The molecule has 0 radical (unpaired) electrons. The van der Waals surface area contributed by atoms with Crippen LogP contribution in [0.1, 0.15) is 65.2 Å². The highest BCUT2D eigenvalue weighted by atomic mass is 16.2. The van der Waals surface area contributed by atoms with Crippen molar-refractivity contribution in [2.45, 2.75) is 77.3 Å². The molecule has 4 bridgehead atoms. The van der Waals surface area contributed by atoms with Crippen LogP contribution in [0.5, 0.6) is 0 Å². The summed E-state index contributed by atoms with van der Waals surface area (Å²) in [5.41, 5.74) is 0. The van der Waals surface area contributed by atoms with Crippen LogP contribution < -0.4 is 5.32 Å². The van der Waals surface area contributed by atoms with Gasteiger partial charge in [0.1, 0.15) is 6.04 Å². The Bertz CT molecular complexity index is 688. The molecule has 5 nitrogen and oxygen atoms in total. The first-order chi connectivity index (χ1) is 13.9. The standard InChI is InChI=1S/C24H34N2O3/c1-13(2)7-20(26-23(28)18-5-3-4-6-19(18)24(26)29)22(27)25-21-16-9-14-8-15(11-16)12-17(21)10-14/h3-4,13-21H,5-12H2,1-2H3,(H,25,27)/t14?,15?,16?,17?,18-,19+,20-,21?/m1/s1. The maximum atomic E-state index is 13.5. The fourth-order valence-electron chi connectivity index (χ4n) is 7.33. The van der Waals surface area contributed by atoms with Crippen LogP contribution >= 0.6 is 0 Å². The van der Waals surface area contributed by atoms with Crippen LogP contribution in [0.3, 0.4) is 0 Å². The second-order valence-electron chi connectivity index (χ2n) is 10.8. The Morgan fingerprint density at radius 2 is 1.48 bits per heavy atom. The number of hydrogen-bond acceptors (Lipinski definition) is 3. The zero-order valence-electron chi connectivity index (χ0n) is 17.7. The summed E-state index contributed by atoms with van der Waals surface area (Å²) in [5.74, 6) is 2.25. The molecule has 0 aromatic rings. The number of nitrogens with one attached hydrogen (secondary N) is 1. The van der Waals surface area contributed by atoms with Gasteiger partial charge in [-0.3, -0.25) is 19.3 Å². The molecule has 29 heavy (non-hydrogen) atoms. The fourth-order valence-corrected chi connectivity index (χ4v) is 7.33. The lowest BCUT2D eigenvalue weighted by Gasteiger charge is -2.54. The normalized spacial score (nSPS) is 41.2. The van der Waals surface area contributed by atoms with Gasteiger partial charge in [-0.2, -0.15) is 0 Å². The van der Waals surface area contributed by atoms with Gasteiger partial charge in [-0.15, -0.1) is 0 Å². The van der Waals surface area contributed by atoms with Crippen LogP contribution in [0.2, 0.25) is 0 Å². The van der Waals surface area contributed by atoms with Crippen LogP contribution in [-0.4, -0.2) is 34.7 Å². The minimum atomic E-state index is -0.655. The molecular formula is C24H34N2O3. The van der Waals surface area contributed by atoms with Gasteiger partial charge in [-0.05, 0) is 81.0 Å². The van der Waals surface area contributed by atoms with Crippen LogP contribution in [0.25, 0.3) is 0 Å². The molecular weight excluding hydrogens is 364 g/mol. The third-order valence-corrected chi connectivity index (χ3v) is 8.39. The van der Waals surface area contributed by atoms with Crippen LogP contribution in [0.15, 0.2) is 12.2 Å². The van der Waals surface area contributed by atoms with E-state index in [1.807, 2.05) is 12.2 Å². The average Bonchev–Trinajstić information content (AvgIpc) is 2.93. The van der Waals surface area contributed by atoms with E-state index in [9.17, 15) is 14.4 Å². The number of fused-ring (bicyclic) bond motifs is 1. The first-order valence-corrected chi connectivity index (χ1v) is 11.7. The van der Waals surface area contributed by atoms with Gasteiger partial charge in [0.05, 0.1) is 11.8 Å². The molecule has 1 aliphatic heterocycles. The minimum Gasteiger partial charge on any atom is -0.351 e. The van der Waals surface area contributed by atoms with E-state index >= 15 is 0 Å². The van der Waals surface area contributed by atoms with Gasteiger partial charge >= 0.3 is 0 Å². The van der Waals surface area contributed by atoms with Crippen molar-refractivity contribution in [2.24, 2.45) is 41.4 Å². The number of rotatable bonds is 5.